The van der Waals surface area contributed by atoms with Gasteiger partial charge in [-0.25, -0.2) is 0 Å². The molecule has 0 radical (unpaired) electrons. The molecule has 4 heteroatoms. The number of hydrogen-bond acceptors (Lipinski definition) is 4. The van der Waals surface area contributed by atoms with E-state index in [9.17, 15) is 0 Å². The van der Waals surface area contributed by atoms with Crippen LogP contribution >= 0.6 is 0 Å². The summed E-state index contributed by atoms with van der Waals surface area (Å²) in [4.78, 5) is 0. The minimum absolute atomic E-state index is 0.450. The van der Waals surface area contributed by atoms with Gasteiger partial charge in [0, 0.05) is 30.8 Å². The highest BCUT2D eigenvalue weighted by molar-refractivity contribution is 5.40. The van der Waals surface area contributed by atoms with E-state index in [1.165, 1.54) is 6.42 Å². The van der Waals surface area contributed by atoms with Crippen molar-refractivity contribution in [2.45, 2.75) is 25.4 Å². The van der Waals surface area contributed by atoms with E-state index >= 15 is 0 Å². The quantitative estimate of drug-likeness (QED) is 0.868. The van der Waals surface area contributed by atoms with Gasteiger partial charge in [-0.1, -0.05) is 6.07 Å². The van der Waals surface area contributed by atoms with Gasteiger partial charge in [0.15, 0.2) is 0 Å². The van der Waals surface area contributed by atoms with E-state index in [0.717, 1.165) is 43.2 Å². The van der Waals surface area contributed by atoms with Crippen LogP contribution in [0.15, 0.2) is 18.2 Å². The summed E-state index contributed by atoms with van der Waals surface area (Å²) in [6, 6.07) is 6.35. The third-order valence-corrected chi connectivity index (χ3v) is 3.24. The standard InChI is InChI=1S/C14H21NO3/c1-16-13-6-5-11(14(8-13)17-2)9-15-12-4-3-7-18-10-12/h5-6,8,12,15H,3-4,7,9-10H2,1-2H3/t12-/m0/s1. The highest BCUT2D eigenvalue weighted by Crippen LogP contribution is 2.24. The summed E-state index contributed by atoms with van der Waals surface area (Å²) in [5.41, 5.74) is 1.14. The Hall–Kier alpha value is -1.26. The highest BCUT2D eigenvalue weighted by Gasteiger charge is 2.14. The molecule has 0 amide bonds. The second kappa shape index (κ2) is 6.61. The number of benzene rings is 1. The van der Waals surface area contributed by atoms with Crippen LogP contribution in [0.5, 0.6) is 11.5 Å². The van der Waals surface area contributed by atoms with Gasteiger partial charge in [0.2, 0.25) is 0 Å². The zero-order valence-corrected chi connectivity index (χ0v) is 11.1. The monoisotopic (exact) mass is 251 g/mol. The first kappa shape index (κ1) is 13.2. The minimum atomic E-state index is 0.450. The number of methoxy groups -OCH3 is 2. The SMILES string of the molecule is COc1ccc(CN[C@H]2CCCOC2)c(OC)c1. The van der Waals surface area contributed by atoms with E-state index < -0.39 is 0 Å². The summed E-state index contributed by atoms with van der Waals surface area (Å²) in [5.74, 6) is 1.68. The molecule has 1 aliphatic heterocycles. The van der Waals surface area contributed by atoms with Gasteiger partial charge >= 0.3 is 0 Å². The third kappa shape index (κ3) is 3.37. The van der Waals surface area contributed by atoms with Gasteiger partial charge in [0.25, 0.3) is 0 Å². The van der Waals surface area contributed by atoms with Gasteiger partial charge in [-0.2, -0.15) is 0 Å². The van der Waals surface area contributed by atoms with Crippen molar-refractivity contribution in [3.8, 4) is 11.5 Å². The number of ether oxygens (including phenoxy) is 3. The maximum Gasteiger partial charge on any atom is 0.127 e. The van der Waals surface area contributed by atoms with Crippen molar-refractivity contribution in [2.24, 2.45) is 0 Å². The van der Waals surface area contributed by atoms with Crippen LogP contribution in [0.3, 0.4) is 0 Å². The van der Waals surface area contributed by atoms with Crippen molar-refractivity contribution in [3.05, 3.63) is 23.8 Å². The lowest BCUT2D eigenvalue weighted by Crippen LogP contribution is -2.36. The molecular formula is C14H21NO3. The van der Waals surface area contributed by atoms with Gasteiger partial charge in [-0.05, 0) is 18.9 Å². The third-order valence-electron chi connectivity index (χ3n) is 3.24. The summed E-state index contributed by atoms with van der Waals surface area (Å²) >= 11 is 0. The topological polar surface area (TPSA) is 39.7 Å². The first-order valence-corrected chi connectivity index (χ1v) is 6.35. The Balaban J connectivity index is 1.95. The average Bonchev–Trinajstić information content (AvgIpc) is 2.46. The summed E-state index contributed by atoms with van der Waals surface area (Å²) < 4.78 is 16.0. The Bertz CT molecular complexity index is 375. The molecule has 0 unspecified atom stereocenters. The maximum absolute atomic E-state index is 5.45. The van der Waals surface area contributed by atoms with Crippen LogP contribution in [0, 0.1) is 0 Å². The molecule has 0 aliphatic carbocycles. The van der Waals surface area contributed by atoms with Crippen LogP contribution < -0.4 is 14.8 Å². The molecule has 1 fully saturated rings. The van der Waals surface area contributed by atoms with Crippen molar-refractivity contribution < 1.29 is 14.2 Å². The van der Waals surface area contributed by atoms with Crippen molar-refractivity contribution in [1.29, 1.82) is 0 Å². The number of hydrogen-bond donors (Lipinski definition) is 1. The Labute approximate surface area is 108 Å². The predicted octanol–water partition coefficient (Wildman–Crippen LogP) is 1.97. The van der Waals surface area contributed by atoms with E-state index in [-0.39, 0.29) is 0 Å². The van der Waals surface area contributed by atoms with E-state index in [2.05, 4.69) is 5.32 Å². The molecule has 4 nitrogen and oxygen atoms in total. The fourth-order valence-electron chi connectivity index (χ4n) is 2.15. The molecule has 1 saturated heterocycles. The van der Waals surface area contributed by atoms with Crippen LogP contribution in [0.25, 0.3) is 0 Å². The van der Waals surface area contributed by atoms with Crippen LogP contribution in [-0.4, -0.2) is 33.5 Å². The Morgan fingerprint density at radius 3 is 2.89 bits per heavy atom. The lowest BCUT2D eigenvalue weighted by Gasteiger charge is -2.23. The van der Waals surface area contributed by atoms with E-state index in [1.807, 2.05) is 18.2 Å². The first-order chi connectivity index (χ1) is 8.83. The van der Waals surface area contributed by atoms with Crippen LogP contribution in [0.1, 0.15) is 18.4 Å². The molecule has 0 saturated carbocycles. The maximum atomic E-state index is 5.45. The zero-order chi connectivity index (χ0) is 12.8. The Morgan fingerprint density at radius 2 is 2.22 bits per heavy atom. The van der Waals surface area contributed by atoms with E-state index in [1.54, 1.807) is 14.2 Å². The lowest BCUT2D eigenvalue weighted by atomic mass is 10.1. The van der Waals surface area contributed by atoms with Crippen LogP contribution in [0.4, 0.5) is 0 Å². The van der Waals surface area contributed by atoms with Crippen LogP contribution in [-0.2, 0) is 11.3 Å². The fraction of sp³-hybridized carbons (Fsp3) is 0.571. The molecule has 1 aromatic rings. The lowest BCUT2D eigenvalue weighted by molar-refractivity contribution is 0.0699. The summed E-state index contributed by atoms with van der Waals surface area (Å²) in [5, 5.41) is 3.50. The molecule has 1 atom stereocenters. The van der Waals surface area contributed by atoms with E-state index in [0.29, 0.717) is 6.04 Å². The second-order valence-corrected chi connectivity index (χ2v) is 4.47. The molecule has 0 aromatic heterocycles. The number of nitrogens with one attached hydrogen (secondary N) is 1. The molecular weight excluding hydrogens is 230 g/mol. The smallest absolute Gasteiger partial charge is 0.127 e. The summed E-state index contributed by atoms with van der Waals surface area (Å²) in [7, 11) is 3.34. The van der Waals surface area contributed by atoms with Gasteiger partial charge < -0.3 is 19.5 Å². The largest absolute Gasteiger partial charge is 0.497 e. The minimum Gasteiger partial charge on any atom is -0.497 e. The average molecular weight is 251 g/mol. The molecule has 1 aromatic carbocycles. The molecule has 0 spiro atoms. The number of rotatable bonds is 5. The normalized spacial score (nSPS) is 19.6. The molecule has 1 aliphatic rings. The highest BCUT2D eigenvalue weighted by atomic mass is 16.5. The fourth-order valence-corrected chi connectivity index (χ4v) is 2.15. The Morgan fingerprint density at radius 1 is 1.33 bits per heavy atom. The second-order valence-electron chi connectivity index (χ2n) is 4.47. The molecule has 1 N–H and O–H groups in total. The molecule has 2 rings (SSSR count). The Kier molecular flexibility index (Phi) is 4.84. The molecule has 18 heavy (non-hydrogen) atoms. The van der Waals surface area contributed by atoms with E-state index in [4.69, 9.17) is 14.2 Å². The van der Waals surface area contributed by atoms with Crippen molar-refractivity contribution >= 4 is 0 Å². The van der Waals surface area contributed by atoms with Crippen molar-refractivity contribution in [1.82, 2.24) is 5.32 Å². The molecule has 1 heterocycles. The zero-order valence-electron chi connectivity index (χ0n) is 11.1. The summed E-state index contributed by atoms with van der Waals surface area (Å²) in [6.45, 7) is 2.49. The van der Waals surface area contributed by atoms with Crippen LogP contribution in [0.2, 0.25) is 0 Å². The van der Waals surface area contributed by atoms with Gasteiger partial charge in [-0.15, -0.1) is 0 Å². The molecule has 0 bridgehead atoms. The summed E-state index contributed by atoms with van der Waals surface area (Å²) in [6.07, 6.45) is 2.32. The van der Waals surface area contributed by atoms with Crippen molar-refractivity contribution in [3.63, 3.8) is 0 Å². The molecule has 100 valence electrons. The van der Waals surface area contributed by atoms with Crippen molar-refractivity contribution in [2.75, 3.05) is 27.4 Å². The van der Waals surface area contributed by atoms with Gasteiger partial charge in [-0.3, -0.25) is 0 Å². The van der Waals surface area contributed by atoms with Gasteiger partial charge in [0.1, 0.15) is 11.5 Å². The predicted molar refractivity (Wildman–Crippen MR) is 70.2 cm³/mol. The van der Waals surface area contributed by atoms with Gasteiger partial charge in [0.05, 0.1) is 20.8 Å². The first-order valence-electron chi connectivity index (χ1n) is 6.35.